The Labute approximate surface area is 177 Å². The molecule has 4 aromatic rings. The highest BCUT2D eigenvalue weighted by molar-refractivity contribution is 6.02. The number of fused-ring (bicyclic) bond motifs is 1. The molecule has 2 aromatic heterocycles. The molecule has 0 atom stereocenters. The van der Waals surface area contributed by atoms with E-state index in [1.165, 1.54) is 16.7 Å². The van der Waals surface area contributed by atoms with Crippen molar-refractivity contribution in [2.75, 3.05) is 37.6 Å². The lowest BCUT2D eigenvalue weighted by atomic mass is 10.1. The summed E-state index contributed by atoms with van der Waals surface area (Å²) in [6.45, 7) is 9.57. The molecule has 1 fully saturated rings. The Balaban J connectivity index is 1.69. The molecule has 0 saturated carbocycles. The third kappa shape index (κ3) is 3.35. The van der Waals surface area contributed by atoms with E-state index in [9.17, 15) is 0 Å². The van der Waals surface area contributed by atoms with E-state index in [4.69, 9.17) is 9.97 Å². The zero-order valence-electron chi connectivity index (χ0n) is 17.6. The van der Waals surface area contributed by atoms with Gasteiger partial charge in [-0.3, -0.25) is 0 Å². The molecule has 5 rings (SSSR count). The normalized spacial score (nSPS) is 15.1. The summed E-state index contributed by atoms with van der Waals surface area (Å²) < 4.78 is 2.20. The Morgan fingerprint density at radius 2 is 1.60 bits per heavy atom. The summed E-state index contributed by atoms with van der Waals surface area (Å²) in [7, 11) is 0. The number of benzene rings is 2. The van der Waals surface area contributed by atoms with Crippen molar-refractivity contribution in [1.29, 1.82) is 0 Å². The van der Waals surface area contributed by atoms with Crippen molar-refractivity contribution < 1.29 is 0 Å². The maximum atomic E-state index is 4.77. The zero-order chi connectivity index (χ0) is 20.5. The molecule has 0 bridgehead atoms. The predicted molar refractivity (Wildman–Crippen MR) is 123 cm³/mol. The summed E-state index contributed by atoms with van der Waals surface area (Å²) >= 11 is 0. The van der Waals surface area contributed by atoms with Crippen molar-refractivity contribution in [2.45, 2.75) is 13.8 Å². The maximum absolute atomic E-state index is 4.77. The van der Waals surface area contributed by atoms with Gasteiger partial charge in [0, 0.05) is 43.6 Å². The van der Waals surface area contributed by atoms with Crippen molar-refractivity contribution >= 4 is 16.9 Å². The molecule has 0 amide bonds. The largest absolute Gasteiger partial charge is 0.353 e. The number of hydrogen-bond donors (Lipinski definition) is 0. The molecule has 5 heteroatoms. The number of rotatable bonds is 4. The van der Waals surface area contributed by atoms with Gasteiger partial charge in [-0.15, -0.1) is 0 Å². The number of likely N-dealkylation sites (N-methyl/N-ethyl adjacent to an activating group) is 1. The molecule has 0 N–H and O–H groups in total. The second-order valence-electron chi connectivity index (χ2n) is 7.93. The number of piperazine rings is 1. The average molecular weight is 398 g/mol. The van der Waals surface area contributed by atoms with Gasteiger partial charge in [0.25, 0.3) is 0 Å². The van der Waals surface area contributed by atoms with Gasteiger partial charge in [-0.05, 0) is 31.2 Å². The van der Waals surface area contributed by atoms with Gasteiger partial charge in [0.2, 0.25) is 0 Å². The van der Waals surface area contributed by atoms with Crippen LogP contribution in [-0.4, -0.2) is 52.2 Å². The minimum absolute atomic E-state index is 0.959. The SMILES string of the molecule is CCN1CCN(c2ncnc3c2c(-c2ccccc2)cn3-c2ccc(C)cc2)CC1. The third-order valence-corrected chi connectivity index (χ3v) is 6.08. The van der Waals surface area contributed by atoms with Crippen molar-refractivity contribution in [3.63, 3.8) is 0 Å². The van der Waals surface area contributed by atoms with E-state index in [0.717, 1.165) is 55.3 Å². The molecule has 2 aromatic carbocycles. The highest BCUT2D eigenvalue weighted by Crippen LogP contribution is 2.37. The van der Waals surface area contributed by atoms with Gasteiger partial charge in [0.1, 0.15) is 12.1 Å². The summed E-state index contributed by atoms with van der Waals surface area (Å²) in [5.41, 5.74) is 5.70. The molecule has 0 aliphatic carbocycles. The third-order valence-electron chi connectivity index (χ3n) is 6.08. The minimum Gasteiger partial charge on any atom is -0.353 e. The van der Waals surface area contributed by atoms with Crippen LogP contribution in [0.25, 0.3) is 27.8 Å². The number of hydrogen-bond acceptors (Lipinski definition) is 4. The Morgan fingerprint density at radius 1 is 0.867 bits per heavy atom. The van der Waals surface area contributed by atoms with E-state index in [0.29, 0.717) is 0 Å². The summed E-state index contributed by atoms with van der Waals surface area (Å²) in [4.78, 5) is 14.4. The second-order valence-corrected chi connectivity index (χ2v) is 7.93. The smallest absolute Gasteiger partial charge is 0.150 e. The van der Waals surface area contributed by atoms with Crippen molar-refractivity contribution in [1.82, 2.24) is 19.4 Å². The van der Waals surface area contributed by atoms with Gasteiger partial charge in [-0.2, -0.15) is 0 Å². The standard InChI is InChI=1S/C25H27N5/c1-3-28-13-15-29(16-14-28)24-23-22(20-7-5-4-6-8-20)17-30(25(23)27-18-26-24)21-11-9-19(2)10-12-21/h4-12,17-18H,3,13-16H2,1-2H3. The van der Waals surface area contributed by atoms with Gasteiger partial charge in [0.15, 0.2) is 5.65 Å². The highest BCUT2D eigenvalue weighted by Gasteiger charge is 2.23. The van der Waals surface area contributed by atoms with Crippen LogP contribution in [0.2, 0.25) is 0 Å². The van der Waals surface area contributed by atoms with Crippen LogP contribution in [0.15, 0.2) is 67.1 Å². The molecular weight excluding hydrogens is 370 g/mol. The summed E-state index contributed by atoms with van der Waals surface area (Å²) in [6, 6.07) is 19.2. The first-order valence-electron chi connectivity index (χ1n) is 10.7. The second kappa shape index (κ2) is 7.92. The number of aryl methyl sites for hydroxylation is 1. The first-order valence-corrected chi connectivity index (χ1v) is 10.7. The first kappa shape index (κ1) is 18.8. The molecule has 1 aliphatic rings. The Bertz CT molecular complexity index is 1140. The Hall–Kier alpha value is -3.18. The van der Waals surface area contributed by atoms with Crippen LogP contribution in [0.1, 0.15) is 12.5 Å². The number of nitrogens with zero attached hydrogens (tertiary/aromatic N) is 5. The van der Waals surface area contributed by atoms with Crippen LogP contribution in [0.3, 0.4) is 0 Å². The fourth-order valence-corrected chi connectivity index (χ4v) is 4.30. The maximum Gasteiger partial charge on any atom is 0.150 e. The molecule has 30 heavy (non-hydrogen) atoms. The van der Waals surface area contributed by atoms with E-state index in [2.05, 4.69) is 89.0 Å². The first-order chi connectivity index (χ1) is 14.7. The summed E-state index contributed by atoms with van der Waals surface area (Å²) in [5, 5.41) is 1.13. The fourth-order valence-electron chi connectivity index (χ4n) is 4.30. The van der Waals surface area contributed by atoms with Crippen LogP contribution in [0, 0.1) is 6.92 Å². The van der Waals surface area contributed by atoms with Crippen LogP contribution in [-0.2, 0) is 0 Å². The lowest BCUT2D eigenvalue weighted by molar-refractivity contribution is 0.271. The molecule has 1 saturated heterocycles. The molecule has 3 heterocycles. The van der Waals surface area contributed by atoms with E-state index in [1.807, 2.05) is 0 Å². The van der Waals surface area contributed by atoms with Gasteiger partial charge < -0.3 is 14.4 Å². The van der Waals surface area contributed by atoms with E-state index in [1.54, 1.807) is 6.33 Å². The van der Waals surface area contributed by atoms with Crippen molar-refractivity contribution in [3.05, 3.63) is 72.7 Å². The lowest BCUT2D eigenvalue weighted by Crippen LogP contribution is -2.46. The fraction of sp³-hybridized carbons (Fsp3) is 0.280. The summed E-state index contributed by atoms with van der Waals surface area (Å²) in [6.07, 6.45) is 3.93. The number of anilines is 1. The van der Waals surface area contributed by atoms with Crippen LogP contribution in [0.4, 0.5) is 5.82 Å². The van der Waals surface area contributed by atoms with E-state index < -0.39 is 0 Å². The van der Waals surface area contributed by atoms with Gasteiger partial charge in [0.05, 0.1) is 5.39 Å². The van der Waals surface area contributed by atoms with Crippen LogP contribution >= 0.6 is 0 Å². The minimum atomic E-state index is 0.959. The van der Waals surface area contributed by atoms with Crippen molar-refractivity contribution in [3.8, 4) is 16.8 Å². The molecule has 1 aliphatic heterocycles. The number of aromatic nitrogens is 3. The molecular formula is C25H27N5. The van der Waals surface area contributed by atoms with Crippen LogP contribution < -0.4 is 4.90 Å². The topological polar surface area (TPSA) is 37.2 Å². The lowest BCUT2D eigenvalue weighted by Gasteiger charge is -2.35. The molecule has 0 spiro atoms. The van der Waals surface area contributed by atoms with Gasteiger partial charge in [-0.1, -0.05) is 55.0 Å². The molecule has 5 nitrogen and oxygen atoms in total. The highest BCUT2D eigenvalue weighted by atomic mass is 15.3. The molecule has 152 valence electrons. The molecule has 0 radical (unpaired) electrons. The quantitative estimate of drug-likeness (QED) is 0.507. The average Bonchev–Trinajstić information content (AvgIpc) is 3.20. The monoisotopic (exact) mass is 397 g/mol. The molecule has 0 unspecified atom stereocenters. The van der Waals surface area contributed by atoms with Gasteiger partial charge >= 0.3 is 0 Å². The zero-order valence-corrected chi connectivity index (χ0v) is 17.6. The van der Waals surface area contributed by atoms with Crippen LogP contribution in [0.5, 0.6) is 0 Å². The summed E-state index contributed by atoms with van der Waals surface area (Å²) in [5.74, 6) is 1.04. The van der Waals surface area contributed by atoms with E-state index in [-0.39, 0.29) is 0 Å². The van der Waals surface area contributed by atoms with E-state index >= 15 is 0 Å². The van der Waals surface area contributed by atoms with Gasteiger partial charge in [-0.25, -0.2) is 9.97 Å². The Kier molecular flexibility index (Phi) is 4.97. The van der Waals surface area contributed by atoms with Crippen molar-refractivity contribution in [2.24, 2.45) is 0 Å². The Morgan fingerprint density at radius 3 is 2.30 bits per heavy atom. The predicted octanol–water partition coefficient (Wildman–Crippen LogP) is 4.54.